The molecule has 0 spiro atoms. The zero-order chi connectivity index (χ0) is 17.1. The molecule has 2 aromatic rings. The number of hydrogen-bond donors (Lipinski definition) is 3. The standard InChI is InChI=1S/C17H16FN3O2S/c18-13-6-2-5-12-14(7-8-24-15(12)13)21-16(22)10-3-1-4-11(9-10)20-17(19)23/h1-6,9,14H,7-8H2,(H,21,22)(H3,19,20,23). The van der Waals surface area contributed by atoms with Crippen LogP contribution in [0.2, 0.25) is 0 Å². The molecule has 0 saturated carbocycles. The van der Waals surface area contributed by atoms with E-state index in [1.165, 1.54) is 17.8 Å². The average molecular weight is 345 g/mol. The van der Waals surface area contributed by atoms with Crippen molar-refractivity contribution in [3.8, 4) is 0 Å². The van der Waals surface area contributed by atoms with Crippen LogP contribution in [0.25, 0.3) is 0 Å². The van der Waals surface area contributed by atoms with Gasteiger partial charge >= 0.3 is 6.03 Å². The quantitative estimate of drug-likeness (QED) is 0.798. The molecule has 3 rings (SSSR count). The van der Waals surface area contributed by atoms with Gasteiger partial charge in [-0.1, -0.05) is 18.2 Å². The number of thioether (sulfide) groups is 1. The first-order chi connectivity index (χ1) is 11.5. The van der Waals surface area contributed by atoms with Crippen molar-refractivity contribution >= 4 is 29.4 Å². The summed E-state index contributed by atoms with van der Waals surface area (Å²) in [5.74, 6) is 0.196. The number of hydrogen-bond acceptors (Lipinski definition) is 3. The van der Waals surface area contributed by atoms with E-state index < -0.39 is 6.03 Å². The highest BCUT2D eigenvalue weighted by molar-refractivity contribution is 7.99. The summed E-state index contributed by atoms with van der Waals surface area (Å²) in [7, 11) is 0. The van der Waals surface area contributed by atoms with Crippen LogP contribution in [0.5, 0.6) is 0 Å². The highest BCUT2D eigenvalue weighted by Gasteiger charge is 2.24. The first kappa shape index (κ1) is 16.3. The van der Waals surface area contributed by atoms with Crippen LogP contribution in [0.1, 0.15) is 28.4 Å². The Morgan fingerprint density at radius 3 is 2.79 bits per heavy atom. The Morgan fingerprint density at radius 1 is 1.21 bits per heavy atom. The first-order valence-electron chi connectivity index (χ1n) is 7.43. The van der Waals surface area contributed by atoms with E-state index in [1.54, 1.807) is 30.3 Å². The predicted octanol–water partition coefficient (Wildman–Crippen LogP) is 3.28. The molecule has 4 N–H and O–H groups in total. The van der Waals surface area contributed by atoms with Crippen molar-refractivity contribution in [1.82, 2.24) is 5.32 Å². The molecule has 0 radical (unpaired) electrons. The second-order valence-corrected chi connectivity index (χ2v) is 6.50. The Balaban J connectivity index is 1.79. The molecule has 1 aliphatic heterocycles. The molecule has 0 aliphatic carbocycles. The highest BCUT2D eigenvalue weighted by Crippen LogP contribution is 2.37. The summed E-state index contributed by atoms with van der Waals surface area (Å²) in [4.78, 5) is 24.0. The normalized spacial score (nSPS) is 16.1. The zero-order valence-corrected chi connectivity index (χ0v) is 13.5. The molecule has 2 aromatic carbocycles. The number of halogens is 1. The smallest absolute Gasteiger partial charge is 0.316 e. The molecule has 7 heteroatoms. The van der Waals surface area contributed by atoms with Gasteiger partial charge in [0, 0.05) is 21.9 Å². The molecule has 1 aliphatic rings. The number of carbonyl (C=O) groups is 2. The summed E-state index contributed by atoms with van der Waals surface area (Å²) in [6, 6.07) is 10.5. The van der Waals surface area contributed by atoms with Gasteiger partial charge < -0.3 is 16.4 Å². The lowest BCUT2D eigenvalue weighted by Gasteiger charge is -2.26. The molecule has 1 atom stereocenters. The van der Waals surface area contributed by atoms with E-state index in [0.717, 1.165) is 17.7 Å². The third-order valence-corrected chi connectivity index (χ3v) is 4.88. The lowest BCUT2D eigenvalue weighted by molar-refractivity contribution is 0.0934. The van der Waals surface area contributed by atoms with Gasteiger partial charge in [0.2, 0.25) is 0 Å². The summed E-state index contributed by atoms with van der Waals surface area (Å²) in [6.45, 7) is 0. The van der Waals surface area contributed by atoms with E-state index >= 15 is 0 Å². The van der Waals surface area contributed by atoms with Crippen molar-refractivity contribution in [3.63, 3.8) is 0 Å². The maximum absolute atomic E-state index is 13.9. The molecule has 0 saturated heterocycles. The minimum atomic E-state index is -0.693. The van der Waals surface area contributed by atoms with Gasteiger partial charge in [-0.2, -0.15) is 0 Å². The predicted molar refractivity (Wildman–Crippen MR) is 91.6 cm³/mol. The highest BCUT2D eigenvalue weighted by atomic mass is 32.2. The van der Waals surface area contributed by atoms with Crippen LogP contribution in [0.3, 0.4) is 0 Å². The van der Waals surface area contributed by atoms with Gasteiger partial charge in [-0.3, -0.25) is 4.79 Å². The van der Waals surface area contributed by atoms with Crippen LogP contribution >= 0.6 is 11.8 Å². The van der Waals surface area contributed by atoms with Crippen molar-refractivity contribution in [2.75, 3.05) is 11.1 Å². The number of anilines is 1. The molecule has 3 amide bonds. The molecule has 0 fully saturated rings. The molecule has 0 aromatic heterocycles. The molecule has 5 nitrogen and oxygen atoms in total. The number of amides is 3. The largest absolute Gasteiger partial charge is 0.351 e. The fourth-order valence-corrected chi connectivity index (χ4v) is 3.80. The number of urea groups is 1. The molecule has 124 valence electrons. The Kier molecular flexibility index (Phi) is 4.71. The second kappa shape index (κ2) is 6.92. The second-order valence-electron chi connectivity index (χ2n) is 5.39. The maximum atomic E-state index is 13.9. The number of rotatable bonds is 3. The van der Waals surface area contributed by atoms with Crippen molar-refractivity contribution < 1.29 is 14.0 Å². The molecule has 24 heavy (non-hydrogen) atoms. The Hall–Kier alpha value is -2.54. The summed E-state index contributed by atoms with van der Waals surface area (Å²) in [5, 5.41) is 5.37. The number of nitrogens with one attached hydrogen (secondary N) is 2. The van der Waals surface area contributed by atoms with Gasteiger partial charge in [-0.15, -0.1) is 11.8 Å². The van der Waals surface area contributed by atoms with E-state index in [-0.39, 0.29) is 17.8 Å². The SMILES string of the molecule is NC(=O)Nc1cccc(C(=O)NC2CCSc3c(F)cccc32)c1. The van der Waals surface area contributed by atoms with Crippen LogP contribution < -0.4 is 16.4 Å². The lowest BCUT2D eigenvalue weighted by Crippen LogP contribution is -2.31. The van der Waals surface area contributed by atoms with Crippen LogP contribution in [-0.2, 0) is 0 Å². The summed E-state index contributed by atoms with van der Waals surface area (Å²) in [6.07, 6.45) is 0.728. The Labute approximate surface area is 142 Å². The molecular formula is C17H16FN3O2S. The van der Waals surface area contributed by atoms with Gasteiger partial charge in [-0.25, -0.2) is 9.18 Å². The minimum Gasteiger partial charge on any atom is -0.351 e. The third kappa shape index (κ3) is 3.51. The fourth-order valence-electron chi connectivity index (χ4n) is 2.66. The van der Waals surface area contributed by atoms with E-state index in [0.29, 0.717) is 16.1 Å². The maximum Gasteiger partial charge on any atom is 0.316 e. The van der Waals surface area contributed by atoms with Crippen LogP contribution in [0, 0.1) is 5.82 Å². The Bertz CT molecular complexity index is 797. The number of carbonyl (C=O) groups excluding carboxylic acids is 2. The van der Waals surface area contributed by atoms with E-state index in [2.05, 4.69) is 10.6 Å². The van der Waals surface area contributed by atoms with Gasteiger partial charge in [0.25, 0.3) is 5.91 Å². The van der Waals surface area contributed by atoms with Crippen molar-refractivity contribution in [3.05, 3.63) is 59.4 Å². The molecule has 0 bridgehead atoms. The van der Waals surface area contributed by atoms with Gasteiger partial charge in [0.1, 0.15) is 5.82 Å². The summed E-state index contributed by atoms with van der Waals surface area (Å²) < 4.78 is 13.9. The lowest BCUT2D eigenvalue weighted by atomic mass is 10.0. The number of nitrogens with two attached hydrogens (primary N) is 1. The summed E-state index contributed by atoms with van der Waals surface area (Å²) >= 11 is 1.46. The molecule has 1 unspecified atom stereocenters. The number of benzene rings is 2. The zero-order valence-electron chi connectivity index (χ0n) is 12.7. The van der Waals surface area contributed by atoms with Gasteiger partial charge in [-0.05, 0) is 36.2 Å². The Morgan fingerprint density at radius 2 is 2.00 bits per heavy atom. The minimum absolute atomic E-state index is 0.239. The number of primary amides is 1. The van der Waals surface area contributed by atoms with E-state index in [4.69, 9.17) is 5.73 Å². The van der Waals surface area contributed by atoms with Crippen LogP contribution in [-0.4, -0.2) is 17.7 Å². The molecular weight excluding hydrogens is 329 g/mol. The van der Waals surface area contributed by atoms with Gasteiger partial charge in [0.05, 0.1) is 6.04 Å². The van der Waals surface area contributed by atoms with Crippen molar-refractivity contribution in [2.24, 2.45) is 5.73 Å². The van der Waals surface area contributed by atoms with Crippen LogP contribution in [0.4, 0.5) is 14.9 Å². The fraction of sp³-hybridized carbons (Fsp3) is 0.176. The average Bonchev–Trinajstić information content (AvgIpc) is 2.55. The van der Waals surface area contributed by atoms with Crippen molar-refractivity contribution in [2.45, 2.75) is 17.4 Å². The van der Waals surface area contributed by atoms with E-state index in [1.807, 2.05) is 6.07 Å². The third-order valence-electron chi connectivity index (χ3n) is 3.72. The van der Waals surface area contributed by atoms with Gasteiger partial charge in [0.15, 0.2) is 0 Å². The molecule has 1 heterocycles. The van der Waals surface area contributed by atoms with E-state index in [9.17, 15) is 14.0 Å². The van der Waals surface area contributed by atoms with Crippen LogP contribution in [0.15, 0.2) is 47.4 Å². The number of fused-ring (bicyclic) bond motifs is 1. The van der Waals surface area contributed by atoms with Crippen molar-refractivity contribution in [1.29, 1.82) is 0 Å². The first-order valence-corrected chi connectivity index (χ1v) is 8.42. The topological polar surface area (TPSA) is 84.2 Å². The monoisotopic (exact) mass is 345 g/mol. The summed E-state index contributed by atoms with van der Waals surface area (Å²) in [5.41, 5.74) is 6.72.